The minimum absolute atomic E-state index is 0.328. The average molecular weight is 254 g/mol. The van der Waals surface area contributed by atoms with E-state index in [-0.39, 0.29) is 6.03 Å². The second kappa shape index (κ2) is 5.27. The number of rotatable bonds is 2. The van der Waals surface area contributed by atoms with E-state index in [1.54, 1.807) is 4.90 Å². The summed E-state index contributed by atoms with van der Waals surface area (Å²) in [6.07, 6.45) is 1.82. The zero-order valence-corrected chi connectivity index (χ0v) is 10.3. The van der Waals surface area contributed by atoms with Crippen LogP contribution >= 0.6 is 11.6 Å². The van der Waals surface area contributed by atoms with E-state index in [0.29, 0.717) is 19.1 Å². The summed E-state index contributed by atoms with van der Waals surface area (Å²) in [6, 6.07) is 7.72. The van der Waals surface area contributed by atoms with Crippen molar-refractivity contribution in [2.45, 2.75) is 18.9 Å². The van der Waals surface area contributed by atoms with Crippen LogP contribution in [0.2, 0.25) is 5.02 Å². The molecule has 92 valence electrons. The molecular weight excluding hydrogens is 238 g/mol. The molecule has 17 heavy (non-hydrogen) atoms. The average Bonchev–Trinajstić information content (AvgIpc) is 2.29. The summed E-state index contributed by atoms with van der Waals surface area (Å²) < 4.78 is 0. The Morgan fingerprint density at radius 1 is 1.41 bits per heavy atom. The number of anilines is 1. The van der Waals surface area contributed by atoms with Crippen molar-refractivity contribution in [3.05, 3.63) is 29.3 Å². The number of hydrogen-bond acceptors (Lipinski definition) is 2. The monoisotopic (exact) mass is 253 g/mol. The number of nitrogens with zero attached hydrogens (tertiary/aromatic N) is 1. The lowest BCUT2D eigenvalue weighted by Gasteiger charge is -2.31. The van der Waals surface area contributed by atoms with Crippen molar-refractivity contribution in [1.29, 1.82) is 0 Å². The molecule has 3 N–H and O–H groups in total. The molecular formula is C12H16ClN3O. The van der Waals surface area contributed by atoms with E-state index in [4.69, 9.17) is 17.3 Å². The van der Waals surface area contributed by atoms with E-state index in [0.717, 1.165) is 23.6 Å². The number of likely N-dealkylation sites (tertiary alicyclic amines) is 1. The zero-order valence-electron chi connectivity index (χ0n) is 9.53. The summed E-state index contributed by atoms with van der Waals surface area (Å²) in [7, 11) is 0. The number of piperidine rings is 1. The molecule has 0 atom stereocenters. The first-order valence-electron chi connectivity index (χ1n) is 5.71. The summed E-state index contributed by atoms with van der Waals surface area (Å²) in [5, 5.41) is 4.14. The van der Waals surface area contributed by atoms with Gasteiger partial charge in [-0.3, -0.25) is 0 Å². The standard InChI is InChI=1S/C12H16ClN3O/c13-9-2-1-3-11(8-9)15-10-4-6-16(7-5-10)12(14)17/h1-3,8,10,15H,4-7H2,(H2,14,17). The van der Waals surface area contributed by atoms with Gasteiger partial charge >= 0.3 is 6.03 Å². The molecule has 0 aromatic heterocycles. The molecule has 5 heteroatoms. The fraction of sp³-hybridized carbons (Fsp3) is 0.417. The zero-order chi connectivity index (χ0) is 12.3. The molecule has 2 amide bonds. The number of benzene rings is 1. The fourth-order valence-corrected chi connectivity index (χ4v) is 2.25. The third-order valence-corrected chi connectivity index (χ3v) is 3.24. The summed E-state index contributed by atoms with van der Waals surface area (Å²) >= 11 is 5.92. The molecule has 1 aliphatic heterocycles. The Kier molecular flexibility index (Phi) is 3.74. The van der Waals surface area contributed by atoms with Crippen molar-refractivity contribution in [1.82, 2.24) is 4.90 Å². The first kappa shape index (κ1) is 12.0. The molecule has 0 aliphatic carbocycles. The van der Waals surface area contributed by atoms with Gasteiger partial charge in [0.05, 0.1) is 0 Å². The third-order valence-electron chi connectivity index (χ3n) is 3.00. The van der Waals surface area contributed by atoms with Gasteiger partial charge in [0.1, 0.15) is 0 Å². The molecule has 2 rings (SSSR count). The summed E-state index contributed by atoms with van der Waals surface area (Å²) in [5.41, 5.74) is 6.26. The van der Waals surface area contributed by atoms with Crippen molar-refractivity contribution in [3.63, 3.8) is 0 Å². The van der Waals surface area contributed by atoms with Gasteiger partial charge in [-0.1, -0.05) is 17.7 Å². The van der Waals surface area contributed by atoms with Gasteiger partial charge in [-0.05, 0) is 31.0 Å². The van der Waals surface area contributed by atoms with E-state index in [1.807, 2.05) is 24.3 Å². The van der Waals surface area contributed by atoms with Crippen LogP contribution in [0.1, 0.15) is 12.8 Å². The summed E-state index contributed by atoms with van der Waals surface area (Å²) in [6.45, 7) is 1.43. The molecule has 1 saturated heterocycles. The van der Waals surface area contributed by atoms with Gasteiger partial charge in [-0.15, -0.1) is 0 Å². The second-order valence-electron chi connectivity index (χ2n) is 4.25. The largest absolute Gasteiger partial charge is 0.382 e. The predicted octanol–water partition coefficient (Wildman–Crippen LogP) is 2.29. The quantitative estimate of drug-likeness (QED) is 0.850. The Morgan fingerprint density at radius 2 is 2.12 bits per heavy atom. The highest BCUT2D eigenvalue weighted by Gasteiger charge is 2.20. The van der Waals surface area contributed by atoms with Crippen molar-refractivity contribution < 1.29 is 4.79 Å². The number of nitrogens with two attached hydrogens (primary N) is 1. The number of primary amides is 1. The van der Waals surface area contributed by atoms with Gasteiger partial charge in [0.25, 0.3) is 0 Å². The maximum absolute atomic E-state index is 11.0. The molecule has 4 nitrogen and oxygen atoms in total. The molecule has 0 saturated carbocycles. The highest BCUT2D eigenvalue weighted by Crippen LogP contribution is 2.19. The van der Waals surface area contributed by atoms with Crippen LogP contribution in [0.4, 0.5) is 10.5 Å². The van der Waals surface area contributed by atoms with Crippen molar-refractivity contribution in [2.24, 2.45) is 5.73 Å². The number of halogens is 1. The molecule has 0 unspecified atom stereocenters. The Bertz CT molecular complexity index is 402. The number of carbonyl (C=O) groups excluding carboxylic acids is 1. The van der Waals surface area contributed by atoms with Crippen LogP contribution in [-0.2, 0) is 0 Å². The van der Waals surface area contributed by atoms with Gasteiger partial charge in [0.2, 0.25) is 0 Å². The van der Waals surface area contributed by atoms with Crippen LogP contribution in [0.25, 0.3) is 0 Å². The van der Waals surface area contributed by atoms with Gasteiger partial charge < -0.3 is 16.0 Å². The van der Waals surface area contributed by atoms with E-state index in [2.05, 4.69) is 5.32 Å². The molecule has 1 heterocycles. The van der Waals surface area contributed by atoms with Crippen LogP contribution in [0.3, 0.4) is 0 Å². The minimum atomic E-state index is -0.328. The summed E-state index contributed by atoms with van der Waals surface area (Å²) in [4.78, 5) is 12.7. The Labute approximate surface area is 106 Å². The molecule has 0 bridgehead atoms. The summed E-state index contributed by atoms with van der Waals surface area (Å²) in [5.74, 6) is 0. The predicted molar refractivity (Wildman–Crippen MR) is 69.3 cm³/mol. The van der Waals surface area contributed by atoms with E-state index in [1.165, 1.54) is 0 Å². The van der Waals surface area contributed by atoms with Crippen LogP contribution in [0.15, 0.2) is 24.3 Å². The second-order valence-corrected chi connectivity index (χ2v) is 4.69. The van der Waals surface area contributed by atoms with Crippen molar-refractivity contribution in [3.8, 4) is 0 Å². The lowest BCUT2D eigenvalue weighted by Crippen LogP contribution is -2.44. The Morgan fingerprint density at radius 3 is 2.71 bits per heavy atom. The Hall–Kier alpha value is -1.42. The highest BCUT2D eigenvalue weighted by molar-refractivity contribution is 6.30. The first-order chi connectivity index (χ1) is 8.15. The number of amides is 2. The topological polar surface area (TPSA) is 58.4 Å². The van der Waals surface area contributed by atoms with Crippen molar-refractivity contribution in [2.75, 3.05) is 18.4 Å². The van der Waals surface area contributed by atoms with E-state index >= 15 is 0 Å². The SMILES string of the molecule is NC(=O)N1CCC(Nc2cccc(Cl)c2)CC1. The molecule has 1 aromatic rings. The fourth-order valence-electron chi connectivity index (χ4n) is 2.06. The number of nitrogens with one attached hydrogen (secondary N) is 1. The Balaban J connectivity index is 1.88. The molecule has 0 spiro atoms. The highest BCUT2D eigenvalue weighted by atomic mass is 35.5. The number of urea groups is 1. The normalized spacial score (nSPS) is 16.9. The van der Waals surface area contributed by atoms with Crippen LogP contribution < -0.4 is 11.1 Å². The van der Waals surface area contributed by atoms with Crippen LogP contribution in [0.5, 0.6) is 0 Å². The maximum Gasteiger partial charge on any atom is 0.314 e. The van der Waals surface area contributed by atoms with Gasteiger partial charge in [0, 0.05) is 29.8 Å². The van der Waals surface area contributed by atoms with Gasteiger partial charge in [-0.25, -0.2) is 4.79 Å². The number of carbonyl (C=O) groups is 1. The molecule has 1 aromatic carbocycles. The van der Waals surface area contributed by atoms with Gasteiger partial charge in [-0.2, -0.15) is 0 Å². The van der Waals surface area contributed by atoms with Gasteiger partial charge in [0.15, 0.2) is 0 Å². The first-order valence-corrected chi connectivity index (χ1v) is 6.09. The lowest BCUT2D eigenvalue weighted by atomic mass is 10.1. The smallest absolute Gasteiger partial charge is 0.314 e. The molecule has 1 fully saturated rings. The number of hydrogen-bond donors (Lipinski definition) is 2. The molecule has 1 aliphatic rings. The minimum Gasteiger partial charge on any atom is -0.382 e. The third kappa shape index (κ3) is 3.27. The molecule has 0 radical (unpaired) electrons. The van der Waals surface area contributed by atoms with Crippen molar-refractivity contribution >= 4 is 23.3 Å². The van der Waals surface area contributed by atoms with E-state index in [9.17, 15) is 4.79 Å². The maximum atomic E-state index is 11.0. The van der Waals surface area contributed by atoms with E-state index < -0.39 is 0 Å². The van der Waals surface area contributed by atoms with Crippen LogP contribution in [0, 0.1) is 0 Å². The lowest BCUT2D eigenvalue weighted by molar-refractivity contribution is 0.193. The van der Waals surface area contributed by atoms with Crippen LogP contribution in [-0.4, -0.2) is 30.1 Å².